The first-order valence-corrected chi connectivity index (χ1v) is 8.55. The molecule has 0 spiro atoms. The minimum absolute atomic E-state index is 0.214. The van der Waals surface area contributed by atoms with Crippen LogP contribution in [0.15, 0.2) is 69.9 Å². The van der Waals surface area contributed by atoms with Crippen LogP contribution in [0.4, 0.5) is 13.2 Å². The average molecular weight is 397 g/mol. The molecule has 2 aromatic heterocycles. The minimum atomic E-state index is -4.43. The molecule has 2 heterocycles. The molecule has 0 bridgehead atoms. The molecule has 2 aromatic carbocycles. The Morgan fingerprint density at radius 1 is 1.00 bits per heavy atom. The van der Waals surface area contributed by atoms with Crippen LogP contribution in [-0.2, 0) is 6.18 Å². The smallest absolute Gasteiger partial charge is 0.416 e. The number of hydrogen-bond acceptors (Lipinski definition) is 4. The van der Waals surface area contributed by atoms with Crippen molar-refractivity contribution in [3.63, 3.8) is 0 Å². The van der Waals surface area contributed by atoms with Gasteiger partial charge < -0.3 is 10.3 Å². The van der Waals surface area contributed by atoms with Crippen molar-refractivity contribution in [2.45, 2.75) is 6.18 Å². The highest BCUT2D eigenvalue weighted by Crippen LogP contribution is 2.32. The van der Waals surface area contributed by atoms with Crippen molar-refractivity contribution in [1.82, 2.24) is 9.66 Å². The summed E-state index contributed by atoms with van der Waals surface area (Å²) < 4.78 is 45.2. The Labute approximate surface area is 162 Å². The third kappa shape index (κ3) is 3.64. The first-order valence-electron chi connectivity index (χ1n) is 8.55. The molecule has 0 unspecified atom stereocenters. The van der Waals surface area contributed by atoms with Crippen molar-refractivity contribution in [2.75, 3.05) is 5.84 Å². The summed E-state index contributed by atoms with van der Waals surface area (Å²) in [5.41, 5.74) is -0.336. The molecule has 0 fully saturated rings. The number of furan rings is 1. The summed E-state index contributed by atoms with van der Waals surface area (Å²) in [6.07, 6.45) is -1.39. The zero-order chi connectivity index (χ0) is 20.6. The van der Waals surface area contributed by atoms with Crippen LogP contribution in [0, 0.1) is 0 Å². The average Bonchev–Trinajstić information content (AvgIpc) is 3.18. The third-order valence-corrected chi connectivity index (χ3v) is 4.33. The van der Waals surface area contributed by atoms with E-state index < -0.39 is 11.7 Å². The van der Waals surface area contributed by atoms with Gasteiger partial charge in [-0.05, 0) is 48.6 Å². The lowest BCUT2D eigenvalue weighted by Crippen LogP contribution is -2.30. The lowest BCUT2D eigenvalue weighted by atomic mass is 10.1. The van der Waals surface area contributed by atoms with Crippen LogP contribution in [0.25, 0.3) is 34.4 Å². The van der Waals surface area contributed by atoms with Gasteiger partial charge in [-0.1, -0.05) is 24.3 Å². The molecule has 4 rings (SSSR count). The van der Waals surface area contributed by atoms with Crippen LogP contribution >= 0.6 is 0 Å². The van der Waals surface area contributed by atoms with Crippen molar-refractivity contribution < 1.29 is 17.6 Å². The zero-order valence-electron chi connectivity index (χ0n) is 14.9. The summed E-state index contributed by atoms with van der Waals surface area (Å²) in [7, 11) is 0. The number of benzene rings is 2. The minimum Gasteiger partial charge on any atom is -0.457 e. The van der Waals surface area contributed by atoms with Gasteiger partial charge in [0.15, 0.2) is 5.82 Å². The molecule has 0 saturated heterocycles. The van der Waals surface area contributed by atoms with Crippen LogP contribution in [0.2, 0.25) is 0 Å². The number of hydrogen-bond donors (Lipinski definition) is 1. The number of nitrogens with zero attached hydrogens (tertiary/aromatic N) is 2. The molecule has 2 N–H and O–H groups in total. The Hall–Kier alpha value is -3.81. The second-order valence-corrected chi connectivity index (χ2v) is 6.28. The fourth-order valence-corrected chi connectivity index (χ4v) is 2.88. The van der Waals surface area contributed by atoms with Gasteiger partial charge in [-0.2, -0.15) is 13.2 Å². The predicted molar refractivity (Wildman–Crippen MR) is 104 cm³/mol. The van der Waals surface area contributed by atoms with E-state index in [2.05, 4.69) is 4.98 Å². The van der Waals surface area contributed by atoms with Crippen LogP contribution in [-0.4, -0.2) is 9.66 Å². The number of halogens is 3. The van der Waals surface area contributed by atoms with E-state index in [4.69, 9.17) is 10.3 Å². The van der Waals surface area contributed by atoms with E-state index in [1.807, 2.05) is 0 Å². The predicted octanol–water partition coefficient (Wildman–Crippen LogP) is 4.56. The van der Waals surface area contributed by atoms with E-state index in [1.165, 1.54) is 24.3 Å². The second kappa shape index (κ2) is 6.97. The van der Waals surface area contributed by atoms with Crippen molar-refractivity contribution in [2.24, 2.45) is 0 Å². The number of nitrogen functional groups attached to an aromatic ring is 1. The van der Waals surface area contributed by atoms with Crippen LogP contribution in [0.5, 0.6) is 0 Å². The summed E-state index contributed by atoms with van der Waals surface area (Å²) in [6, 6.07) is 14.9. The highest BCUT2D eigenvalue weighted by molar-refractivity contribution is 5.79. The maximum absolute atomic E-state index is 12.9. The second-order valence-electron chi connectivity index (χ2n) is 6.28. The first-order chi connectivity index (χ1) is 13.8. The van der Waals surface area contributed by atoms with Crippen molar-refractivity contribution >= 4 is 23.1 Å². The Morgan fingerprint density at radius 2 is 1.79 bits per heavy atom. The van der Waals surface area contributed by atoms with Gasteiger partial charge in [-0.3, -0.25) is 4.79 Å². The Bertz CT molecular complexity index is 1290. The summed E-state index contributed by atoms with van der Waals surface area (Å²) >= 11 is 0. The summed E-state index contributed by atoms with van der Waals surface area (Å²) in [4.78, 5) is 16.6. The molecular weight excluding hydrogens is 383 g/mol. The van der Waals surface area contributed by atoms with Gasteiger partial charge in [-0.15, -0.1) is 0 Å². The van der Waals surface area contributed by atoms with E-state index in [1.54, 1.807) is 36.4 Å². The Balaban J connectivity index is 1.65. The van der Waals surface area contributed by atoms with E-state index in [-0.39, 0.29) is 17.1 Å². The number of alkyl halides is 3. The summed E-state index contributed by atoms with van der Waals surface area (Å²) in [6.45, 7) is 0. The van der Waals surface area contributed by atoms with Gasteiger partial charge in [0.05, 0.1) is 16.5 Å². The highest BCUT2D eigenvalue weighted by atomic mass is 19.4. The number of nitrogens with two attached hydrogens (primary N) is 1. The molecule has 0 atom stereocenters. The molecular formula is C21H14F3N3O2. The fourth-order valence-electron chi connectivity index (χ4n) is 2.88. The van der Waals surface area contributed by atoms with Gasteiger partial charge in [0.2, 0.25) is 0 Å². The van der Waals surface area contributed by atoms with Gasteiger partial charge in [0, 0.05) is 5.56 Å². The normalized spacial score (nSPS) is 12.1. The van der Waals surface area contributed by atoms with Gasteiger partial charge in [0.25, 0.3) is 5.56 Å². The molecule has 8 heteroatoms. The van der Waals surface area contributed by atoms with E-state index in [0.717, 1.165) is 16.8 Å². The topological polar surface area (TPSA) is 74.1 Å². The fraction of sp³-hybridized carbons (Fsp3) is 0.0476. The van der Waals surface area contributed by atoms with Crippen molar-refractivity contribution in [3.8, 4) is 11.3 Å². The maximum Gasteiger partial charge on any atom is 0.416 e. The Morgan fingerprint density at radius 3 is 2.59 bits per heavy atom. The van der Waals surface area contributed by atoms with E-state index >= 15 is 0 Å². The molecule has 4 aromatic rings. The molecule has 0 amide bonds. The lowest BCUT2D eigenvalue weighted by Gasteiger charge is -2.07. The highest BCUT2D eigenvalue weighted by Gasteiger charge is 2.30. The van der Waals surface area contributed by atoms with Crippen LogP contribution in [0.3, 0.4) is 0 Å². The number of fused-ring (bicyclic) bond motifs is 1. The molecule has 0 aliphatic carbocycles. The monoisotopic (exact) mass is 397 g/mol. The van der Waals surface area contributed by atoms with Crippen LogP contribution < -0.4 is 11.4 Å². The molecule has 146 valence electrons. The summed E-state index contributed by atoms with van der Waals surface area (Å²) in [5, 5.41) is 0.400. The first kappa shape index (κ1) is 18.5. The van der Waals surface area contributed by atoms with Crippen molar-refractivity contribution in [1.29, 1.82) is 0 Å². The quantitative estimate of drug-likeness (QED) is 0.515. The molecule has 5 nitrogen and oxygen atoms in total. The standard InChI is InChI=1S/C21H14F3N3O2/c22-21(23,24)14-5-3-4-13(12-14)18-10-8-15(29-18)9-11-19-26-17-7-2-1-6-16(17)20(28)27(19)25/h1-12H,25H2/b11-9+. The largest absolute Gasteiger partial charge is 0.457 e. The SMILES string of the molecule is Nn1c(/C=C/c2ccc(-c3cccc(C(F)(F)F)c3)o2)nc2ccccc2c1=O. The van der Waals surface area contributed by atoms with Crippen molar-refractivity contribution in [3.05, 3.63) is 88.2 Å². The van der Waals surface area contributed by atoms with Gasteiger partial charge in [0.1, 0.15) is 11.5 Å². The number of para-hydroxylation sites is 1. The molecule has 0 aliphatic heterocycles. The molecule has 0 saturated carbocycles. The van der Waals surface area contributed by atoms with E-state index in [0.29, 0.717) is 22.2 Å². The molecule has 0 aliphatic rings. The summed E-state index contributed by atoms with van der Waals surface area (Å²) in [5.74, 6) is 6.69. The lowest BCUT2D eigenvalue weighted by molar-refractivity contribution is -0.137. The molecule has 29 heavy (non-hydrogen) atoms. The number of rotatable bonds is 3. The molecule has 0 radical (unpaired) electrons. The Kier molecular flexibility index (Phi) is 4.46. The third-order valence-electron chi connectivity index (χ3n) is 4.33. The van der Waals surface area contributed by atoms with Gasteiger partial charge >= 0.3 is 6.18 Å². The number of aromatic nitrogens is 2. The maximum atomic E-state index is 12.9. The van der Waals surface area contributed by atoms with Crippen LogP contribution in [0.1, 0.15) is 17.1 Å². The van der Waals surface area contributed by atoms with Gasteiger partial charge in [-0.25, -0.2) is 9.66 Å². The van der Waals surface area contributed by atoms with E-state index in [9.17, 15) is 18.0 Å². The zero-order valence-corrected chi connectivity index (χ0v) is 14.9.